The summed E-state index contributed by atoms with van der Waals surface area (Å²) in [5.74, 6) is 0.787. The van der Waals surface area contributed by atoms with Crippen LogP contribution in [0, 0.1) is 0 Å². The minimum absolute atomic E-state index is 0.0458. The van der Waals surface area contributed by atoms with Crippen LogP contribution in [0.3, 0.4) is 0 Å². The Morgan fingerprint density at radius 2 is 1.75 bits per heavy atom. The highest BCUT2D eigenvalue weighted by Crippen LogP contribution is 2.30. The monoisotopic (exact) mass is 597 g/mol. The average molecular weight is 598 g/mol. The van der Waals surface area contributed by atoms with Gasteiger partial charge >= 0.3 is 0 Å². The predicted octanol–water partition coefficient (Wildman–Crippen LogP) is 7.39. The van der Waals surface area contributed by atoms with E-state index < -0.39 is 0 Å². The van der Waals surface area contributed by atoms with Gasteiger partial charge in [0.2, 0.25) is 0 Å². The zero-order valence-electron chi connectivity index (χ0n) is 26.3. The van der Waals surface area contributed by atoms with Gasteiger partial charge < -0.3 is 24.8 Å². The quantitative estimate of drug-likeness (QED) is 0.200. The normalized spacial score (nSPS) is 16.7. The zero-order chi connectivity index (χ0) is 30.6. The second kappa shape index (κ2) is 16.4. The van der Waals surface area contributed by atoms with E-state index in [1.54, 1.807) is 0 Å². The van der Waals surface area contributed by atoms with Crippen molar-refractivity contribution < 1.29 is 19.0 Å². The van der Waals surface area contributed by atoms with Crippen molar-refractivity contribution in [2.75, 3.05) is 57.3 Å². The van der Waals surface area contributed by atoms with E-state index in [1.807, 2.05) is 30.3 Å². The summed E-state index contributed by atoms with van der Waals surface area (Å²) in [5, 5.41) is 6.67. The lowest BCUT2D eigenvalue weighted by Crippen LogP contribution is -2.36. The van der Waals surface area contributed by atoms with Gasteiger partial charge in [-0.1, -0.05) is 43.7 Å². The van der Waals surface area contributed by atoms with Crippen LogP contribution in [0.2, 0.25) is 0 Å². The molecule has 7 nitrogen and oxygen atoms in total. The molecule has 5 rings (SSSR count). The van der Waals surface area contributed by atoms with Gasteiger partial charge in [0.25, 0.3) is 5.91 Å². The zero-order valence-corrected chi connectivity index (χ0v) is 26.3. The van der Waals surface area contributed by atoms with Gasteiger partial charge in [0.05, 0.1) is 6.61 Å². The first kappa shape index (κ1) is 31.8. The fourth-order valence-corrected chi connectivity index (χ4v) is 5.72. The second-order valence-electron chi connectivity index (χ2n) is 11.8. The SMILES string of the molecule is CCCCOCCOc1ccc(-c2ccc3c(c2)/C=C(/C(=O)Nc2ccc(CN(C)C4CCOCC4)cc2)CCCN3)cc1. The summed E-state index contributed by atoms with van der Waals surface area (Å²) in [6.07, 6.45) is 8.01. The molecule has 0 radical (unpaired) electrons. The van der Waals surface area contributed by atoms with Crippen molar-refractivity contribution >= 4 is 23.4 Å². The summed E-state index contributed by atoms with van der Waals surface area (Å²) in [6.45, 7) is 7.48. The Bertz CT molecular complexity index is 1360. The van der Waals surface area contributed by atoms with E-state index in [0.29, 0.717) is 25.7 Å². The molecule has 1 fully saturated rings. The molecule has 0 saturated carbocycles. The molecule has 0 aromatic heterocycles. The van der Waals surface area contributed by atoms with Gasteiger partial charge in [-0.2, -0.15) is 0 Å². The predicted molar refractivity (Wildman–Crippen MR) is 179 cm³/mol. The van der Waals surface area contributed by atoms with Crippen molar-refractivity contribution in [3.05, 3.63) is 83.4 Å². The highest BCUT2D eigenvalue weighted by atomic mass is 16.5. The molecular formula is C37H47N3O4. The number of fused-ring (bicyclic) bond motifs is 1. The Morgan fingerprint density at radius 3 is 2.52 bits per heavy atom. The third-order valence-corrected chi connectivity index (χ3v) is 8.40. The third-order valence-electron chi connectivity index (χ3n) is 8.40. The molecule has 2 N–H and O–H groups in total. The number of anilines is 2. The maximum atomic E-state index is 13.4. The van der Waals surface area contributed by atoms with Crippen molar-refractivity contribution in [3.8, 4) is 16.9 Å². The molecular weight excluding hydrogens is 550 g/mol. The molecule has 0 aliphatic carbocycles. The standard InChI is InChI=1S/C37H47N3O4/c1-3-4-20-42-23-24-44-35-14-9-29(10-15-35)30-11-16-36-32(25-30)26-31(6-5-19-38-36)37(41)39-33-12-7-28(8-13-33)27-40(2)34-17-21-43-22-18-34/h7-16,25-26,34,38H,3-6,17-24,27H2,1-2H3,(H,39,41)/b31-26+. The average Bonchev–Trinajstić information content (AvgIpc) is 3.04. The summed E-state index contributed by atoms with van der Waals surface area (Å²) in [5.41, 5.74) is 7.10. The van der Waals surface area contributed by atoms with Crippen LogP contribution in [0.5, 0.6) is 5.75 Å². The first-order chi connectivity index (χ1) is 21.6. The van der Waals surface area contributed by atoms with Crippen molar-refractivity contribution in [1.82, 2.24) is 4.90 Å². The van der Waals surface area contributed by atoms with Crippen LogP contribution in [0.25, 0.3) is 17.2 Å². The fourth-order valence-electron chi connectivity index (χ4n) is 5.72. The number of rotatable bonds is 13. The largest absolute Gasteiger partial charge is 0.491 e. The lowest BCUT2D eigenvalue weighted by Gasteiger charge is -2.31. The van der Waals surface area contributed by atoms with E-state index in [2.05, 4.69) is 72.0 Å². The topological polar surface area (TPSA) is 72.1 Å². The second-order valence-corrected chi connectivity index (χ2v) is 11.8. The molecule has 0 bridgehead atoms. The Kier molecular flexibility index (Phi) is 11.9. The van der Waals surface area contributed by atoms with Gasteiger partial charge in [-0.15, -0.1) is 0 Å². The van der Waals surface area contributed by atoms with Gasteiger partial charge in [-0.05, 0) is 104 Å². The fraction of sp³-hybridized carbons (Fsp3) is 0.432. The van der Waals surface area contributed by atoms with Crippen LogP contribution < -0.4 is 15.4 Å². The summed E-state index contributed by atoms with van der Waals surface area (Å²) >= 11 is 0. The maximum absolute atomic E-state index is 13.4. The lowest BCUT2D eigenvalue weighted by molar-refractivity contribution is -0.112. The van der Waals surface area contributed by atoms with Gasteiger partial charge in [-0.3, -0.25) is 9.69 Å². The molecule has 44 heavy (non-hydrogen) atoms. The van der Waals surface area contributed by atoms with Gasteiger partial charge in [0, 0.05) is 55.9 Å². The molecule has 3 aromatic rings. The van der Waals surface area contributed by atoms with Crippen LogP contribution in [0.4, 0.5) is 11.4 Å². The molecule has 0 unspecified atom stereocenters. The van der Waals surface area contributed by atoms with E-state index >= 15 is 0 Å². The number of nitrogens with one attached hydrogen (secondary N) is 2. The molecule has 7 heteroatoms. The summed E-state index contributed by atoms with van der Waals surface area (Å²) in [4.78, 5) is 15.8. The van der Waals surface area contributed by atoms with Crippen molar-refractivity contribution in [2.45, 2.75) is 58.0 Å². The van der Waals surface area contributed by atoms with Crippen LogP contribution >= 0.6 is 0 Å². The number of amides is 1. The van der Waals surface area contributed by atoms with E-state index in [4.69, 9.17) is 14.2 Å². The molecule has 0 spiro atoms. The Labute approximate surface area is 262 Å². The number of hydrogen-bond acceptors (Lipinski definition) is 6. The Hall–Kier alpha value is -3.65. The van der Waals surface area contributed by atoms with Crippen LogP contribution in [0.15, 0.2) is 72.3 Å². The molecule has 1 amide bonds. The number of hydrogen-bond donors (Lipinski definition) is 2. The van der Waals surface area contributed by atoms with Crippen molar-refractivity contribution in [2.24, 2.45) is 0 Å². The van der Waals surface area contributed by atoms with Gasteiger partial charge in [0.15, 0.2) is 0 Å². The smallest absolute Gasteiger partial charge is 0.251 e. The molecule has 1 saturated heterocycles. The summed E-state index contributed by atoms with van der Waals surface area (Å²) in [7, 11) is 2.18. The van der Waals surface area contributed by atoms with E-state index in [-0.39, 0.29) is 5.91 Å². The van der Waals surface area contributed by atoms with Crippen LogP contribution in [0.1, 0.15) is 56.6 Å². The highest BCUT2D eigenvalue weighted by molar-refractivity contribution is 6.07. The number of carbonyl (C=O) groups excluding carboxylic acids is 1. The first-order valence-electron chi connectivity index (χ1n) is 16.2. The van der Waals surface area contributed by atoms with E-state index in [0.717, 1.165) is 104 Å². The number of benzene rings is 3. The number of nitrogens with zero attached hydrogens (tertiary/aromatic N) is 1. The molecule has 2 aliphatic heterocycles. The minimum atomic E-state index is -0.0458. The van der Waals surface area contributed by atoms with Crippen LogP contribution in [-0.2, 0) is 20.8 Å². The number of carbonyl (C=O) groups is 1. The summed E-state index contributed by atoms with van der Waals surface area (Å²) in [6, 6.07) is 23.3. The minimum Gasteiger partial charge on any atom is -0.491 e. The van der Waals surface area contributed by atoms with Crippen molar-refractivity contribution in [3.63, 3.8) is 0 Å². The summed E-state index contributed by atoms with van der Waals surface area (Å²) < 4.78 is 16.9. The van der Waals surface area contributed by atoms with Crippen LogP contribution in [-0.4, -0.2) is 63.5 Å². The maximum Gasteiger partial charge on any atom is 0.251 e. The molecule has 0 atom stereocenters. The lowest BCUT2D eigenvalue weighted by atomic mass is 9.97. The van der Waals surface area contributed by atoms with Gasteiger partial charge in [0.1, 0.15) is 12.4 Å². The Balaban J connectivity index is 1.21. The highest BCUT2D eigenvalue weighted by Gasteiger charge is 2.19. The van der Waals surface area contributed by atoms with Gasteiger partial charge in [-0.25, -0.2) is 0 Å². The molecule has 3 aromatic carbocycles. The number of ether oxygens (including phenoxy) is 3. The van der Waals surface area contributed by atoms with Crippen molar-refractivity contribution in [1.29, 1.82) is 0 Å². The van der Waals surface area contributed by atoms with E-state index in [1.165, 1.54) is 5.56 Å². The molecule has 2 aliphatic rings. The molecule has 2 heterocycles. The first-order valence-corrected chi connectivity index (χ1v) is 16.2. The Morgan fingerprint density at radius 1 is 0.977 bits per heavy atom. The van der Waals surface area contributed by atoms with E-state index in [9.17, 15) is 4.79 Å². The molecule has 234 valence electrons. The third kappa shape index (κ3) is 9.18. The number of unbranched alkanes of at least 4 members (excludes halogenated alkanes) is 1.